The van der Waals surface area contributed by atoms with Crippen LogP contribution in [0.2, 0.25) is 0 Å². The van der Waals surface area contributed by atoms with Crippen molar-refractivity contribution >= 4 is 15.6 Å². The van der Waals surface area contributed by atoms with E-state index in [9.17, 15) is 0 Å². The van der Waals surface area contributed by atoms with E-state index in [4.69, 9.17) is 38.5 Å². The van der Waals surface area contributed by atoms with Crippen molar-refractivity contribution in [1.29, 1.82) is 0 Å². The fraction of sp³-hybridized carbons (Fsp3) is 1.00. The van der Waals surface area contributed by atoms with Crippen LogP contribution >= 0.6 is 15.6 Å². The molecule has 0 rings (SSSR count). The molecule has 0 saturated carbocycles. The Morgan fingerprint density at radius 3 is 0.400 bits per heavy atom. The van der Waals surface area contributed by atoms with Gasteiger partial charge >= 0.3 is 15.6 Å². The van der Waals surface area contributed by atoms with Crippen molar-refractivity contribution in [1.82, 2.24) is 0 Å². The predicted molar refractivity (Wildman–Crippen MR) is 85.3 cm³/mol. The summed E-state index contributed by atoms with van der Waals surface area (Å²) in [6.45, 7) is 20.0. The molecule has 0 aliphatic rings. The Labute approximate surface area is 124 Å². The fourth-order valence-corrected chi connectivity index (χ4v) is 0. The molecule has 0 saturated heterocycles. The fourth-order valence-electron chi connectivity index (χ4n) is 0. The number of phosphoric acid groups is 2. The van der Waals surface area contributed by atoms with Gasteiger partial charge in [-0.1, -0.05) is 69.2 Å². The van der Waals surface area contributed by atoms with Gasteiger partial charge in [-0.2, -0.15) is 0 Å². The van der Waals surface area contributed by atoms with Crippen LogP contribution in [0.4, 0.5) is 0 Å². The highest BCUT2D eigenvalue weighted by molar-refractivity contribution is 7.45. The highest BCUT2D eigenvalue weighted by Crippen LogP contribution is 2.26. The molecule has 0 heterocycles. The largest absolute Gasteiger partial charge is 0.466 e. The number of rotatable bonds is 0. The van der Waals surface area contributed by atoms with Crippen LogP contribution in [-0.4, -0.2) is 29.4 Å². The molecule has 8 nitrogen and oxygen atoms in total. The zero-order valence-electron chi connectivity index (χ0n) is 14.4. The molecule has 0 aromatic rings. The third-order valence-corrected chi connectivity index (χ3v) is 0. The summed E-state index contributed by atoms with van der Waals surface area (Å²) >= 11 is 0. The van der Waals surface area contributed by atoms with Crippen molar-refractivity contribution in [2.45, 2.75) is 69.2 Å². The highest BCUT2D eigenvalue weighted by Gasteiger charge is 2.00. The molecule has 0 spiro atoms. The van der Waals surface area contributed by atoms with Gasteiger partial charge in [0.05, 0.1) is 0 Å². The predicted octanol–water partition coefficient (Wildman–Crippen LogP) is 3.27. The normalized spacial score (nSPS) is 7.40. The monoisotopic (exact) mass is 346 g/mol. The first-order valence-electron chi connectivity index (χ1n) is 6.57. The Morgan fingerprint density at radius 1 is 0.400 bits per heavy atom. The van der Waals surface area contributed by atoms with E-state index in [0.29, 0.717) is 0 Å². The molecular weight excluding hydrogens is 310 g/mol. The third kappa shape index (κ3) is 112000. The lowest BCUT2D eigenvalue weighted by molar-refractivity contribution is 0.272. The van der Waals surface area contributed by atoms with Crippen molar-refractivity contribution < 1.29 is 38.5 Å². The second-order valence-corrected chi connectivity index (χ2v) is 3.08. The molecule has 0 aliphatic carbocycles. The molecule has 20 heavy (non-hydrogen) atoms. The average Bonchev–Trinajstić information content (AvgIpc) is 2.37. The molecule has 0 amide bonds. The number of hydrogen-bond acceptors (Lipinski definition) is 2. The van der Waals surface area contributed by atoms with E-state index in [2.05, 4.69) is 0 Å². The van der Waals surface area contributed by atoms with Crippen LogP contribution in [-0.2, 0) is 9.13 Å². The molecule has 6 N–H and O–H groups in total. The van der Waals surface area contributed by atoms with Gasteiger partial charge in [0, 0.05) is 0 Å². The Morgan fingerprint density at radius 2 is 0.400 bits per heavy atom. The molecule has 0 fully saturated rings. The van der Waals surface area contributed by atoms with Gasteiger partial charge in [0.2, 0.25) is 0 Å². The van der Waals surface area contributed by atoms with Crippen LogP contribution in [0.15, 0.2) is 0 Å². The van der Waals surface area contributed by atoms with Crippen LogP contribution in [0.1, 0.15) is 69.2 Å². The van der Waals surface area contributed by atoms with Gasteiger partial charge in [-0.3, -0.25) is 0 Å². The topological polar surface area (TPSA) is 156 Å². The summed E-state index contributed by atoms with van der Waals surface area (Å²) in [5, 5.41) is 0. The second-order valence-electron chi connectivity index (χ2n) is 1.03. The van der Waals surface area contributed by atoms with E-state index in [1.165, 1.54) is 0 Å². The quantitative estimate of drug-likeness (QED) is 0.365. The minimum absolute atomic E-state index is 2.00. The number of hydrogen-bond donors (Lipinski definition) is 6. The van der Waals surface area contributed by atoms with Gasteiger partial charge in [-0.15, -0.1) is 0 Å². The molecule has 0 radical (unpaired) electrons. The summed E-state index contributed by atoms with van der Waals surface area (Å²) in [6, 6.07) is 0. The first-order valence-corrected chi connectivity index (χ1v) is 9.70. The molecule has 0 aliphatic heterocycles. The van der Waals surface area contributed by atoms with Crippen molar-refractivity contribution in [3.05, 3.63) is 0 Å². The minimum atomic E-state index is -4.64. The van der Waals surface area contributed by atoms with E-state index in [1.807, 2.05) is 69.2 Å². The standard InChI is InChI=1S/5C2H6.2H3O4P/c5*1-2;2*1-5(2,3)4/h5*1-2H3;2*(H3,1,2,3,4). The van der Waals surface area contributed by atoms with E-state index in [1.54, 1.807) is 0 Å². The lowest BCUT2D eigenvalue weighted by Crippen LogP contribution is -1.66. The highest BCUT2D eigenvalue weighted by atomic mass is 31.2. The minimum Gasteiger partial charge on any atom is -0.303 e. The van der Waals surface area contributed by atoms with E-state index in [0.717, 1.165) is 0 Å². The van der Waals surface area contributed by atoms with E-state index in [-0.39, 0.29) is 0 Å². The van der Waals surface area contributed by atoms with E-state index >= 15 is 0 Å². The van der Waals surface area contributed by atoms with Crippen LogP contribution < -0.4 is 0 Å². The third-order valence-electron chi connectivity index (χ3n) is 0. The van der Waals surface area contributed by atoms with Crippen molar-refractivity contribution in [3.63, 3.8) is 0 Å². The molecule has 134 valence electrons. The second kappa shape index (κ2) is 42.7. The van der Waals surface area contributed by atoms with Crippen LogP contribution in [0.3, 0.4) is 0 Å². The summed E-state index contributed by atoms with van der Waals surface area (Å²) in [4.78, 5) is 43.1. The van der Waals surface area contributed by atoms with Crippen LogP contribution in [0, 0.1) is 0 Å². The van der Waals surface area contributed by atoms with Crippen LogP contribution in [0.25, 0.3) is 0 Å². The van der Waals surface area contributed by atoms with Crippen molar-refractivity contribution in [2.24, 2.45) is 0 Å². The Balaban J connectivity index is -0.0000000211. The van der Waals surface area contributed by atoms with Gasteiger partial charge in [0.25, 0.3) is 0 Å². The van der Waals surface area contributed by atoms with Gasteiger partial charge in [0.1, 0.15) is 0 Å². The summed E-state index contributed by atoms with van der Waals surface area (Å²) in [5.74, 6) is 0. The molecule has 0 aromatic carbocycles. The molecule has 0 bridgehead atoms. The molecular formula is C10H36O8P2. The average molecular weight is 346 g/mol. The maximum atomic E-state index is 8.88. The lowest BCUT2D eigenvalue weighted by atomic mass is 11.0. The Kier molecular flexibility index (Phi) is 91.3. The maximum absolute atomic E-state index is 8.88. The summed E-state index contributed by atoms with van der Waals surface area (Å²) in [6.07, 6.45) is 0. The van der Waals surface area contributed by atoms with E-state index < -0.39 is 15.6 Å². The van der Waals surface area contributed by atoms with Gasteiger partial charge in [0.15, 0.2) is 0 Å². The Hall–Kier alpha value is 0.220. The molecule has 0 aromatic heterocycles. The Bertz CT molecular complexity index is 140. The van der Waals surface area contributed by atoms with Gasteiger partial charge in [-0.25, -0.2) is 9.13 Å². The lowest BCUT2D eigenvalue weighted by Gasteiger charge is -1.82. The summed E-state index contributed by atoms with van der Waals surface area (Å²) in [5.41, 5.74) is 0. The van der Waals surface area contributed by atoms with Crippen LogP contribution in [0.5, 0.6) is 0 Å². The molecule has 10 heteroatoms. The summed E-state index contributed by atoms with van der Waals surface area (Å²) in [7, 11) is -9.28. The smallest absolute Gasteiger partial charge is 0.303 e. The first-order chi connectivity index (χ1) is 9.00. The maximum Gasteiger partial charge on any atom is 0.466 e. The zero-order chi connectivity index (χ0) is 19.0. The molecule has 0 atom stereocenters. The summed E-state index contributed by atoms with van der Waals surface area (Å²) < 4.78 is 17.8. The zero-order valence-corrected chi connectivity index (χ0v) is 16.2. The molecule has 0 unspecified atom stereocenters. The van der Waals surface area contributed by atoms with Crippen molar-refractivity contribution in [3.8, 4) is 0 Å². The van der Waals surface area contributed by atoms with Crippen molar-refractivity contribution in [2.75, 3.05) is 0 Å². The SMILES string of the molecule is CC.CC.CC.CC.CC.O=P(O)(O)O.O=P(O)(O)O. The van der Waals surface area contributed by atoms with Gasteiger partial charge in [-0.05, 0) is 0 Å². The first kappa shape index (κ1) is 42.7. The van der Waals surface area contributed by atoms with Gasteiger partial charge < -0.3 is 29.4 Å².